The predicted octanol–water partition coefficient (Wildman–Crippen LogP) is 3.36. The fourth-order valence-electron chi connectivity index (χ4n) is 0.497. The second kappa shape index (κ2) is 5.71. The maximum Gasteiger partial charge on any atom is 0.348 e. The van der Waals surface area contributed by atoms with Crippen molar-refractivity contribution >= 4 is 28.9 Å². The van der Waals surface area contributed by atoms with E-state index in [1.807, 2.05) is 0 Å². The highest BCUT2D eigenvalue weighted by atomic mass is 35.7. The Morgan fingerprint density at radius 1 is 1.55 bits per heavy atom. The lowest BCUT2D eigenvalue weighted by Gasteiger charge is -1.98. The van der Waals surface area contributed by atoms with Crippen molar-refractivity contribution in [2.24, 2.45) is 0 Å². The minimum absolute atomic E-state index is 0.887. The van der Waals surface area contributed by atoms with Crippen molar-refractivity contribution in [2.45, 2.75) is 26.2 Å². The van der Waals surface area contributed by atoms with Gasteiger partial charge in [0.25, 0.3) is 0 Å². The highest BCUT2D eigenvalue weighted by Crippen LogP contribution is 2.13. The first-order chi connectivity index (χ1) is 5.12. The highest BCUT2D eigenvalue weighted by Gasteiger charge is 2.19. The molecule has 0 aromatic carbocycles. The third-order valence-corrected chi connectivity index (χ3v) is 3.68. The van der Waals surface area contributed by atoms with Crippen molar-refractivity contribution in [3.63, 3.8) is 0 Å². The van der Waals surface area contributed by atoms with Crippen molar-refractivity contribution < 1.29 is 0 Å². The van der Waals surface area contributed by atoms with Crippen LogP contribution in [-0.2, 0) is 0 Å². The van der Waals surface area contributed by atoms with Gasteiger partial charge in [0, 0.05) is 6.42 Å². The van der Waals surface area contributed by atoms with E-state index < -0.39 is 6.69 Å². The van der Waals surface area contributed by atoms with Crippen LogP contribution in [0.25, 0.3) is 0 Å². The van der Waals surface area contributed by atoms with E-state index in [0.717, 1.165) is 19.3 Å². The molecule has 0 aliphatic carbocycles. The predicted molar refractivity (Wildman–Crippen MR) is 55.0 cm³/mol. The van der Waals surface area contributed by atoms with Gasteiger partial charge in [-0.2, -0.15) is 0 Å². The van der Waals surface area contributed by atoms with Gasteiger partial charge >= 0.3 is 6.69 Å². The van der Waals surface area contributed by atoms with E-state index in [-0.39, 0.29) is 0 Å². The van der Waals surface area contributed by atoms with Crippen LogP contribution in [0.4, 0.5) is 0 Å². The molecule has 62 valence electrons. The fraction of sp³-hybridized carbons (Fsp3) is 0.500. The Morgan fingerprint density at radius 3 is 2.64 bits per heavy atom. The molecule has 11 heavy (non-hydrogen) atoms. The van der Waals surface area contributed by atoms with Crippen LogP contribution in [0.1, 0.15) is 26.2 Å². The molecule has 0 bridgehead atoms. The van der Waals surface area contributed by atoms with E-state index in [9.17, 15) is 0 Å². The van der Waals surface area contributed by atoms with Gasteiger partial charge in [-0.15, -0.1) is 34.7 Å². The van der Waals surface area contributed by atoms with E-state index >= 15 is 0 Å². The summed E-state index contributed by atoms with van der Waals surface area (Å²) in [6.07, 6.45) is 3.16. The Bertz CT molecular complexity index is 176. The maximum atomic E-state index is 5.81. The minimum Gasteiger partial charge on any atom is -0.125 e. The van der Waals surface area contributed by atoms with Gasteiger partial charge in [-0.25, -0.2) is 0 Å². The zero-order valence-corrected chi connectivity index (χ0v) is 9.17. The molecule has 0 unspecified atom stereocenters. The molecule has 0 spiro atoms. The summed E-state index contributed by atoms with van der Waals surface area (Å²) in [6, 6.07) is 0. The van der Waals surface area contributed by atoms with Crippen LogP contribution in [0.2, 0.25) is 0 Å². The molecule has 0 saturated heterocycles. The van der Waals surface area contributed by atoms with Crippen LogP contribution < -0.4 is 0 Å². The van der Waals surface area contributed by atoms with Crippen LogP contribution in [0.5, 0.6) is 0 Å². The molecule has 3 heteroatoms. The molecule has 0 aromatic rings. The molecule has 0 nitrogen and oxygen atoms in total. The molecule has 0 fully saturated rings. The van der Waals surface area contributed by atoms with Crippen LogP contribution in [0.15, 0.2) is 12.3 Å². The second-order valence-corrected chi connectivity index (χ2v) is 8.29. The van der Waals surface area contributed by atoms with Gasteiger partial charge < -0.3 is 0 Å². The topological polar surface area (TPSA) is 0 Å². The van der Waals surface area contributed by atoms with Gasteiger partial charge in [0.1, 0.15) is 0 Å². The molecule has 0 atom stereocenters. The Kier molecular flexibility index (Phi) is 5.76. The summed E-state index contributed by atoms with van der Waals surface area (Å²) < 4.78 is 0. The number of hydrogen-bond acceptors (Lipinski definition) is 0. The lowest BCUT2D eigenvalue weighted by atomic mass is 10.3. The molecule has 0 rings (SSSR count). The van der Waals surface area contributed by atoms with Crippen LogP contribution in [0, 0.1) is 11.5 Å². The third-order valence-electron chi connectivity index (χ3n) is 1.17. The molecule has 0 amide bonds. The molecule has 0 radical (unpaired) electrons. The minimum atomic E-state index is -2.38. The Balaban J connectivity index is 3.76. The molecule has 0 aliphatic rings. The number of rotatable bonds is 3. The van der Waals surface area contributed by atoms with Gasteiger partial charge in [-0.1, -0.05) is 24.6 Å². The lowest BCUT2D eigenvalue weighted by molar-refractivity contribution is 0.828. The number of unbranched alkanes of at least 4 members (excludes halogenated alkanes) is 2. The van der Waals surface area contributed by atoms with Crippen LogP contribution >= 0.6 is 22.2 Å². The largest absolute Gasteiger partial charge is 0.348 e. The zero-order valence-electron chi connectivity index (χ0n) is 6.66. The second-order valence-electron chi connectivity index (χ2n) is 2.23. The molecular weight excluding hydrogens is 195 g/mol. The Morgan fingerprint density at radius 2 is 2.18 bits per heavy atom. The van der Waals surface area contributed by atoms with Gasteiger partial charge in [0.15, 0.2) is 0 Å². The quantitative estimate of drug-likeness (QED) is 0.288. The van der Waals surface area contributed by atoms with E-state index in [4.69, 9.17) is 22.2 Å². The Hall–Kier alpha value is 0.0969. The van der Waals surface area contributed by atoms with Crippen molar-refractivity contribution in [2.75, 3.05) is 0 Å². The SMILES string of the molecule is C=C[Si](Cl)(Cl)C#CCCCC. The van der Waals surface area contributed by atoms with Gasteiger partial charge in [-0.3, -0.25) is 0 Å². The van der Waals surface area contributed by atoms with Crippen molar-refractivity contribution in [3.05, 3.63) is 12.3 Å². The molecule has 0 heterocycles. The summed E-state index contributed by atoms with van der Waals surface area (Å²) in [5, 5.41) is 0. The zero-order chi connectivity index (χ0) is 8.74. The summed E-state index contributed by atoms with van der Waals surface area (Å²) in [5.74, 6) is 2.95. The van der Waals surface area contributed by atoms with Gasteiger partial charge in [0.2, 0.25) is 0 Å². The van der Waals surface area contributed by atoms with Crippen LogP contribution in [-0.4, -0.2) is 6.69 Å². The van der Waals surface area contributed by atoms with E-state index in [1.165, 1.54) is 0 Å². The van der Waals surface area contributed by atoms with Gasteiger partial charge in [0.05, 0.1) is 0 Å². The first-order valence-corrected chi connectivity index (χ1v) is 7.74. The van der Waals surface area contributed by atoms with Crippen molar-refractivity contribution in [1.29, 1.82) is 0 Å². The molecule has 0 saturated carbocycles. The summed E-state index contributed by atoms with van der Waals surface area (Å²) in [6.45, 7) is 3.27. The first kappa shape index (κ1) is 11.1. The maximum absolute atomic E-state index is 5.81. The third kappa shape index (κ3) is 6.49. The smallest absolute Gasteiger partial charge is 0.125 e. The van der Waals surface area contributed by atoms with Crippen molar-refractivity contribution in [3.8, 4) is 11.5 Å². The summed E-state index contributed by atoms with van der Waals surface area (Å²) in [4.78, 5) is 0. The average Bonchev–Trinajstić information content (AvgIpc) is 1.99. The molecule has 0 aromatic heterocycles. The normalized spacial score (nSPS) is 10.1. The number of hydrogen-bond donors (Lipinski definition) is 0. The van der Waals surface area contributed by atoms with Crippen molar-refractivity contribution in [1.82, 2.24) is 0 Å². The summed E-state index contributed by atoms with van der Waals surface area (Å²) >= 11 is 11.6. The first-order valence-electron chi connectivity index (χ1n) is 3.64. The summed E-state index contributed by atoms with van der Waals surface area (Å²) in [7, 11) is 0. The molecule has 0 N–H and O–H groups in total. The van der Waals surface area contributed by atoms with E-state index in [2.05, 4.69) is 25.0 Å². The summed E-state index contributed by atoms with van der Waals surface area (Å²) in [5.41, 5.74) is 4.41. The highest BCUT2D eigenvalue weighted by molar-refractivity contribution is 7.51. The molecule has 0 aliphatic heterocycles. The molecular formula is C8H12Cl2Si. The number of halogens is 2. The Labute approximate surface area is 79.0 Å². The van der Waals surface area contributed by atoms with E-state index in [0.29, 0.717) is 0 Å². The standard InChI is InChI=1S/C8H12Cl2Si/c1-3-5-6-7-8-11(9,10)4-2/h4H,2-3,5-6H2,1H3. The lowest BCUT2D eigenvalue weighted by Crippen LogP contribution is -2.11. The monoisotopic (exact) mass is 206 g/mol. The van der Waals surface area contributed by atoms with E-state index in [1.54, 1.807) is 5.70 Å². The van der Waals surface area contributed by atoms with Gasteiger partial charge in [-0.05, 0) is 6.42 Å². The average molecular weight is 207 g/mol. The fourth-order valence-corrected chi connectivity index (χ4v) is 1.36. The van der Waals surface area contributed by atoms with Crippen LogP contribution in [0.3, 0.4) is 0 Å².